The second-order valence-corrected chi connectivity index (χ2v) is 6.62. The second-order valence-electron chi connectivity index (χ2n) is 4.43. The maximum atomic E-state index is 13.5. The van der Waals surface area contributed by atoms with Crippen LogP contribution in [0.5, 0.6) is 0 Å². The number of aryl methyl sites for hydroxylation is 1. The lowest BCUT2D eigenvalue weighted by Crippen LogP contribution is -2.22. The first-order valence-electron chi connectivity index (χ1n) is 6.29. The van der Waals surface area contributed by atoms with Gasteiger partial charge in [-0.15, -0.1) is 0 Å². The molecule has 112 valence electrons. The standard InChI is InChI=1S/C14H16FN3OS2/c1-9(20-3)13(19)17-11-8-10(15)4-5-12(11)21-14-16-6-7-18(14)2/h4-9H,1-3H3,(H,17,19)/t9-/m1/s1. The average molecular weight is 325 g/mol. The zero-order valence-corrected chi connectivity index (χ0v) is 13.6. The third-order valence-corrected chi connectivity index (χ3v) is 4.97. The van der Waals surface area contributed by atoms with Crippen molar-refractivity contribution in [3.05, 3.63) is 36.4 Å². The largest absolute Gasteiger partial charge is 0.329 e. The number of nitrogens with one attached hydrogen (secondary N) is 1. The molecule has 0 spiro atoms. The number of nitrogens with zero attached hydrogens (tertiary/aromatic N) is 2. The zero-order chi connectivity index (χ0) is 15.4. The van der Waals surface area contributed by atoms with E-state index >= 15 is 0 Å². The molecule has 2 rings (SSSR count). The Bertz CT molecular complexity index is 645. The Labute approximate surface area is 131 Å². The number of imidazole rings is 1. The Morgan fingerprint density at radius 3 is 2.86 bits per heavy atom. The van der Waals surface area contributed by atoms with Crippen molar-refractivity contribution in [3.8, 4) is 0 Å². The molecular weight excluding hydrogens is 309 g/mol. The van der Waals surface area contributed by atoms with Crippen LogP contribution >= 0.6 is 23.5 Å². The second kappa shape index (κ2) is 7.00. The minimum Gasteiger partial charge on any atom is -0.329 e. The number of anilines is 1. The third kappa shape index (κ3) is 4.01. The van der Waals surface area contributed by atoms with Gasteiger partial charge in [0.05, 0.1) is 10.9 Å². The summed E-state index contributed by atoms with van der Waals surface area (Å²) in [7, 11) is 1.88. The molecule has 0 saturated carbocycles. The minimum absolute atomic E-state index is 0.144. The van der Waals surface area contributed by atoms with Crippen molar-refractivity contribution >= 4 is 35.1 Å². The van der Waals surface area contributed by atoms with E-state index in [0.29, 0.717) is 5.69 Å². The SMILES string of the molecule is CS[C@H](C)C(=O)Nc1cc(F)ccc1Sc1nccn1C. The molecule has 7 heteroatoms. The number of amides is 1. The molecule has 1 heterocycles. The summed E-state index contributed by atoms with van der Waals surface area (Å²) < 4.78 is 15.3. The van der Waals surface area contributed by atoms with E-state index in [4.69, 9.17) is 0 Å². The Hall–Kier alpha value is -1.47. The van der Waals surface area contributed by atoms with E-state index in [9.17, 15) is 9.18 Å². The zero-order valence-electron chi connectivity index (χ0n) is 12.0. The van der Waals surface area contributed by atoms with Gasteiger partial charge in [-0.1, -0.05) is 0 Å². The first-order valence-corrected chi connectivity index (χ1v) is 8.40. The highest BCUT2D eigenvalue weighted by Gasteiger charge is 2.15. The highest BCUT2D eigenvalue weighted by Crippen LogP contribution is 2.33. The Morgan fingerprint density at radius 1 is 1.48 bits per heavy atom. The smallest absolute Gasteiger partial charge is 0.237 e. The first-order chi connectivity index (χ1) is 10.0. The summed E-state index contributed by atoms with van der Waals surface area (Å²) in [6, 6.07) is 4.35. The molecule has 2 aromatic rings. The van der Waals surface area contributed by atoms with Crippen molar-refractivity contribution in [2.75, 3.05) is 11.6 Å². The van der Waals surface area contributed by atoms with Gasteiger partial charge >= 0.3 is 0 Å². The summed E-state index contributed by atoms with van der Waals surface area (Å²) in [5.41, 5.74) is 0.467. The van der Waals surface area contributed by atoms with Crippen LogP contribution in [0.15, 0.2) is 40.6 Å². The lowest BCUT2D eigenvalue weighted by atomic mass is 10.3. The molecular formula is C14H16FN3OS2. The summed E-state index contributed by atoms with van der Waals surface area (Å²) in [5, 5.41) is 3.35. The molecule has 21 heavy (non-hydrogen) atoms. The summed E-state index contributed by atoms with van der Waals surface area (Å²) in [4.78, 5) is 17.0. The molecule has 1 N–H and O–H groups in total. The lowest BCUT2D eigenvalue weighted by Gasteiger charge is -2.13. The number of rotatable bonds is 5. The number of benzene rings is 1. The summed E-state index contributed by atoms with van der Waals surface area (Å²) >= 11 is 2.82. The lowest BCUT2D eigenvalue weighted by molar-refractivity contribution is -0.115. The average Bonchev–Trinajstić information content (AvgIpc) is 2.86. The normalized spacial score (nSPS) is 12.2. The molecule has 4 nitrogen and oxygen atoms in total. The molecule has 0 aliphatic rings. The van der Waals surface area contributed by atoms with Crippen molar-refractivity contribution in [1.82, 2.24) is 9.55 Å². The maximum absolute atomic E-state index is 13.5. The van der Waals surface area contributed by atoms with E-state index in [-0.39, 0.29) is 17.0 Å². The Morgan fingerprint density at radius 2 is 2.24 bits per heavy atom. The Kier molecular flexibility index (Phi) is 5.30. The van der Waals surface area contributed by atoms with Crippen LogP contribution in [-0.4, -0.2) is 27.0 Å². The molecule has 1 atom stereocenters. The molecule has 1 aromatic carbocycles. The van der Waals surface area contributed by atoms with Crippen molar-refractivity contribution in [2.45, 2.75) is 22.2 Å². The van der Waals surface area contributed by atoms with Crippen LogP contribution in [0, 0.1) is 5.82 Å². The van der Waals surface area contributed by atoms with Gasteiger partial charge in [0.25, 0.3) is 0 Å². The molecule has 0 saturated heterocycles. The van der Waals surface area contributed by atoms with Gasteiger partial charge in [0.15, 0.2) is 5.16 Å². The predicted octanol–water partition coefficient (Wildman–Crippen LogP) is 3.40. The van der Waals surface area contributed by atoms with Gasteiger partial charge < -0.3 is 9.88 Å². The summed E-state index contributed by atoms with van der Waals surface area (Å²) in [5.74, 6) is -0.527. The van der Waals surface area contributed by atoms with E-state index in [0.717, 1.165) is 10.1 Å². The van der Waals surface area contributed by atoms with E-state index in [2.05, 4.69) is 10.3 Å². The van der Waals surface area contributed by atoms with Crippen LogP contribution in [0.2, 0.25) is 0 Å². The molecule has 0 unspecified atom stereocenters. The third-order valence-electron chi connectivity index (χ3n) is 2.90. The van der Waals surface area contributed by atoms with Crippen LogP contribution in [0.1, 0.15) is 6.92 Å². The minimum atomic E-state index is -0.383. The van der Waals surface area contributed by atoms with Gasteiger partial charge in [-0.05, 0) is 43.1 Å². The molecule has 1 aromatic heterocycles. The first kappa shape index (κ1) is 15.9. The predicted molar refractivity (Wildman–Crippen MR) is 85.3 cm³/mol. The number of hydrogen-bond acceptors (Lipinski definition) is 4. The molecule has 0 radical (unpaired) electrons. The fourth-order valence-electron chi connectivity index (χ4n) is 1.58. The van der Waals surface area contributed by atoms with E-state index in [1.165, 1.54) is 35.7 Å². The van der Waals surface area contributed by atoms with Crippen LogP contribution in [-0.2, 0) is 11.8 Å². The summed E-state index contributed by atoms with van der Waals surface area (Å²) in [6.07, 6.45) is 5.39. The van der Waals surface area contributed by atoms with E-state index < -0.39 is 0 Å². The number of carbonyl (C=O) groups excluding carboxylic acids is 1. The fourth-order valence-corrected chi connectivity index (χ4v) is 2.72. The molecule has 0 aliphatic heterocycles. The monoisotopic (exact) mass is 325 g/mol. The molecule has 0 fully saturated rings. The Balaban J connectivity index is 2.25. The van der Waals surface area contributed by atoms with Crippen LogP contribution < -0.4 is 5.32 Å². The van der Waals surface area contributed by atoms with Gasteiger partial charge in [-0.3, -0.25) is 4.79 Å². The number of hydrogen-bond donors (Lipinski definition) is 1. The van der Waals surface area contributed by atoms with E-state index in [1.807, 2.05) is 31.0 Å². The van der Waals surface area contributed by atoms with Gasteiger partial charge in [-0.25, -0.2) is 9.37 Å². The molecule has 0 aliphatic carbocycles. The van der Waals surface area contributed by atoms with Crippen molar-refractivity contribution < 1.29 is 9.18 Å². The highest BCUT2D eigenvalue weighted by atomic mass is 32.2. The van der Waals surface area contributed by atoms with Crippen LogP contribution in [0.3, 0.4) is 0 Å². The number of halogens is 1. The van der Waals surface area contributed by atoms with Gasteiger partial charge in [0.1, 0.15) is 5.82 Å². The quantitative estimate of drug-likeness (QED) is 0.915. The van der Waals surface area contributed by atoms with Crippen LogP contribution in [0.4, 0.5) is 10.1 Å². The van der Waals surface area contributed by atoms with Gasteiger partial charge in [0, 0.05) is 24.3 Å². The van der Waals surface area contributed by atoms with Crippen molar-refractivity contribution in [1.29, 1.82) is 0 Å². The number of carbonyl (C=O) groups is 1. The summed E-state index contributed by atoms with van der Waals surface area (Å²) in [6.45, 7) is 1.81. The molecule has 1 amide bonds. The van der Waals surface area contributed by atoms with Gasteiger partial charge in [-0.2, -0.15) is 11.8 Å². The van der Waals surface area contributed by atoms with Crippen molar-refractivity contribution in [3.63, 3.8) is 0 Å². The van der Waals surface area contributed by atoms with Crippen molar-refractivity contribution in [2.24, 2.45) is 7.05 Å². The molecule has 0 bridgehead atoms. The fraction of sp³-hybridized carbons (Fsp3) is 0.286. The maximum Gasteiger partial charge on any atom is 0.237 e. The van der Waals surface area contributed by atoms with E-state index in [1.54, 1.807) is 12.3 Å². The topological polar surface area (TPSA) is 46.9 Å². The number of thioether (sulfide) groups is 1. The number of aromatic nitrogens is 2. The van der Waals surface area contributed by atoms with Gasteiger partial charge in [0.2, 0.25) is 5.91 Å². The highest BCUT2D eigenvalue weighted by molar-refractivity contribution is 8.00. The van der Waals surface area contributed by atoms with Crippen LogP contribution in [0.25, 0.3) is 0 Å².